The minimum atomic E-state index is -5.08. The Bertz CT molecular complexity index is 998. The Morgan fingerprint density at radius 1 is 1.08 bits per heavy atom. The second-order valence-corrected chi connectivity index (χ2v) is 9.38. The molecule has 1 aliphatic heterocycles. The molecule has 0 amide bonds. The van der Waals surface area contributed by atoms with Crippen molar-refractivity contribution in [3.05, 3.63) is 33.8 Å². The van der Waals surface area contributed by atoms with Gasteiger partial charge in [0.25, 0.3) is 0 Å². The number of hydrogen-bond donors (Lipinski definition) is 2. The number of fused-ring (bicyclic) bond motifs is 1. The molecule has 0 saturated carbocycles. The Labute approximate surface area is 213 Å². The van der Waals surface area contributed by atoms with Gasteiger partial charge in [0.1, 0.15) is 5.82 Å². The quantitative estimate of drug-likeness (QED) is 0.531. The highest BCUT2D eigenvalue weighted by atomic mass is 32.1. The van der Waals surface area contributed by atoms with Crippen LogP contribution in [0.5, 0.6) is 0 Å². The summed E-state index contributed by atoms with van der Waals surface area (Å²) in [4.78, 5) is 31.9. The van der Waals surface area contributed by atoms with Crippen molar-refractivity contribution in [2.45, 2.75) is 65.2 Å². The summed E-state index contributed by atoms with van der Waals surface area (Å²) < 4.78 is 65.9. The minimum Gasteiger partial charge on any atom is -0.475 e. The van der Waals surface area contributed by atoms with Crippen molar-refractivity contribution < 1.29 is 46.1 Å². The van der Waals surface area contributed by atoms with Crippen LogP contribution in [0.15, 0.2) is 11.6 Å². The summed E-state index contributed by atoms with van der Waals surface area (Å²) in [6, 6.07) is 0.552. The highest BCUT2D eigenvalue weighted by Gasteiger charge is 2.38. The third kappa shape index (κ3) is 11.5. The predicted molar refractivity (Wildman–Crippen MR) is 122 cm³/mol. The summed E-state index contributed by atoms with van der Waals surface area (Å²) in [5.41, 5.74) is 2.54. The van der Waals surface area contributed by atoms with Crippen LogP contribution in [0.25, 0.3) is 0 Å². The summed E-state index contributed by atoms with van der Waals surface area (Å²) in [5.74, 6) is -4.28. The molecule has 0 bridgehead atoms. The van der Waals surface area contributed by atoms with Gasteiger partial charge in [0.05, 0.1) is 16.4 Å². The normalized spacial score (nSPS) is 14.3. The smallest absolute Gasteiger partial charge is 0.475 e. The zero-order chi connectivity index (χ0) is 28.6. The molecule has 0 atom stereocenters. The molecule has 1 aliphatic rings. The Balaban J connectivity index is 0.000000404. The largest absolute Gasteiger partial charge is 0.490 e. The zero-order valence-corrected chi connectivity index (χ0v) is 21.4. The molecule has 0 radical (unpaired) electrons. The van der Waals surface area contributed by atoms with Crippen LogP contribution in [0.1, 0.15) is 36.1 Å². The first-order chi connectivity index (χ1) is 16.9. The van der Waals surface area contributed by atoms with Crippen molar-refractivity contribution >= 4 is 23.3 Å². The van der Waals surface area contributed by atoms with E-state index in [4.69, 9.17) is 19.8 Å². The second-order valence-electron chi connectivity index (χ2n) is 8.32. The number of halogens is 6. The third-order valence-corrected chi connectivity index (χ3v) is 5.96. The summed E-state index contributed by atoms with van der Waals surface area (Å²) >= 11 is 1.74. The average Bonchev–Trinajstić information content (AvgIpc) is 3.28. The van der Waals surface area contributed by atoms with Crippen LogP contribution in [-0.4, -0.2) is 85.0 Å². The Morgan fingerprint density at radius 2 is 1.62 bits per heavy atom. The van der Waals surface area contributed by atoms with Gasteiger partial charge in [0.2, 0.25) is 0 Å². The standard InChI is InChI=1S/C17H27N5S.2C2HF3O2/c1-13(2)20(4)11-16-9-18-17-5-6-21(7-8-22(16)17)10-15-12-23-14(3)19-15;2*3-2(4,5)1(6)7/h9,12-13H,5-8,10-11H2,1-4H3;2*(H,6,7). The van der Waals surface area contributed by atoms with E-state index in [0.29, 0.717) is 6.04 Å². The van der Waals surface area contributed by atoms with E-state index in [-0.39, 0.29) is 0 Å². The molecule has 9 nitrogen and oxygen atoms in total. The van der Waals surface area contributed by atoms with E-state index < -0.39 is 24.3 Å². The molecule has 16 heteroatoms. The molecule has 2 aromatic heterocycles. The van der Waals surface area contributed by atoms with Gasteiger partial charge in [-0.15, -0.1) is 11.3 Å². The van der Waals surface area contributed by atoms with Crippen molar-refractivity contribution in [3.8, 4) is 0 Å². The first-order valence-electron chi connectivity index (χ1n) is 10.9. The van der Waals surface area contributed by atoms with Crippen molar-refractivity contribution in [1.29, 1.82) is 0 Å². The number of aryl methyl sites for hydroxylation is 1. The van der Waals surface area contributed by atoms with Crippen LogP contribution < -0.4 is 0 Å². The molecular weight excluding hydrogens is 532 g/mol. The van der Waals surface area contributed by atoms with Gasteiger partial charge in [-0.25, -0.2) is 19.6 Å². The van der Waals surface area contributed by atoms with Gasteiger partial charge in [-0.2, -0.15) is 26.3 Å². The topological polar surface area (TPSA) is 112 Å². The molecule has 0 fully saturated rings. The van der Waals surface area contributed by atoms with Crippen LogP contribution in [0.3, 0.4) is 0 Å². The monoisotopic (exact) mass is 561 g/mol. The van der Waals surface area contributed by atoms with Gasteiger partial charge >= 0.3 is 24.3 Å². The number of carboxylic acids is 2. The Morgan fingerprint density at radius 3 is 2.05 bits per heavy atom. The molecular formula is C21H29F6N5O4S. The molecule has 3 rings (SSSR count). The molecule has 2 aromatic rings. The first-order valence-corrected chi connectivity index (χ1v) is 11.8. The maximum absolute atomic E-state index is 10.6. The molecule has 0 spiro atoms. The minimum absolute atomic E-state index is 0.552. The van der Waals surface area contributed by atoms with Crippen molar-refractivity contribution in [2.75, 3.05) is 20.1 Å². The van der Waals surface area contributed by atoms with Crippen molar-refractivity contribution in [3.63, 3.8) is 0 Å². The second kappa shape index (κ2) is 13.7. The zero-order valence-electron chi connectivity index (χ0n) is 20.6. The lowest BCUT2D eigenvalue weighted by atomic mass is 10.3. The summed E-state index contributed by atoms with van der Waals surface area (Å²) in [7, 11) is 2.18. The van der Waals surface area contributed by atoms with Crippen LogP contribution >= 0.6 is 11.3 Å². The third-order valence-electron chi connectivity index (χ3n) is 5.14. The fourth-order valence-electron chi connectivity index (χ4n) is 2.97. The van der Waals surface area contributed by atoms with Gasteiger partial charge in [0, 0.05) is 56.8 Å². The number of thiazole rings is 1. The Kier molecular flexibility index (Phi) is 12.0. The molecule has 0 unspecified atom stereocenters. The Hall–Kier alpha value is -2.72. The summed E-state index contributed by atoms with van der Waals surface area (Å²) in [6.07, 6.45) is -7.08. The van der Waals surface area contributed by atoms with Crippen LogP contribution in [-0.2, 0) is 35.6 Å². The van der Waals surface area contributed by atoms with Crippen molar-refractivity contribution in [2.24, 2.45) is 0 Å². The first kappa shape index (κ1) is 32.3. The molecule has 0 saturated heterocycles. The number of alkyl halides is 6. The number of carboxylic acid groups (broad SMARTS) is 2. The number of aliphatic carboxylic acids is 2. The highest BCUT2D eigenvalue weighted by Crippen LogP contribution is 2.17. The van der Waals surface area contributed by atoms with E-state index in [1.165, 1.54) is 17.2 Å². The lowest BCUT2D eigenvalue weighted by molar-refractivity contribution is -0.193. The average molecular weight is 562 g/mol. The van der Waals surface area contributed by atoms with E-state index in [1.807, 2.05) is 0 Å². The van der Waals surface area contributed by atoms with Gasteiger partial charge in [-0.1, -0.05) is 0 Å². The molecule has 3 heterocycles. The van der Waals surface area contributed by atoms with Gasteiger partial charge < -0.3 is 14.8 Å². The van der Waals surface area contributed by atoms with E-state index in [2.05, 4.69) is 63.7 Å². The van der Waals surface area contributed by atoms with Crippen LogP contribution in [0.4, 0.5) is 26.3 Å². The van der Waals surface area contributed by atoms with Gasteiger partial charge in [0.15, 0.2) is 0 Å². The molecule has 210 valence electrons. The maximum atomic E-state index is 10.6. The van der Waals surface area contributed by atoms with E-state index in [1.54, 1.807) is 11.3 Å². The fourth-order valence-corrected chi connectivity index (χ4v) is 3.57. The van der Waals surface area contributed by atoms with Gasteiger partial charge in [-0.05, 0) is 27.8 Å². The summed E-state index contributed by atoms with van der Waals surface area (Å²) in [6.45, 7) is 11.6. The molecule has 0 aromatic carbocycles. The lowest BCUT2D eigenvalue weighted by Crippen LogP contribution is -2.28. The number of hydrogen-bond acceptors (Lipinski definition) is 7. The van der Waals surface area contributed by atoms with E-state index in [9.17, 15) is 26.3 Å². The number of carbonyl (C=O) groups is 2. The van der Waals surface area contributed by atoms with E-state index in [0.717, 1.165) is 44.2 Å². The summed E-state index contributed by atoms with van der Waals surface area (Å²) in [5, 5.41) is 17.6. The SMILES string of the molecule is Cc1nc(CN2CCc3ncc(CN(C)C(C)C)n3CC2)cs1.O=C(O)C(F)(F)F.O=C(O)C(F)(F)F. The van der Waals surface area contributed by atoms with Gasteiger partial charge in [-0.3, -0.25) is 9.80 Å². The van der Waals surface area contributed by atoms with Crippen LogP contribution in [0, 0.1) is 6.92 Å². The number of rotatable bonds is 5. The predicted octanol–water partition coefficient (Wildman–Crippen LogP) is 3.81. The lowest BCUT2D eigenvalue weighted by Gasteiger charge is -2.22. The molecule has 0 aliphatic carbocycles. The maximum Gasteiger partial charge on any atom is 0.490 e. The highest BCUT2D eigenvalue weighted by molar-refractivity contribution is 7.09. The molecule has 37 heavy (non-hydrogen) atoms. The van der Waals surface area contributed by atoms with Crippen LogP contribution in [0.2, 0.25) is 0 Å². The molecule has 2 N–H and O–H groups in total. The number of aromatic nitrogens is 3. The van der Waals surface area contributed by atoms with E-state index >= 15 is 0 Å². The fraction of sp³-hybridized carbons (Fsp3) is 0.619. The number of nitrogens with zero attached hydrogens (tertiary/aromatic N) is 5. The van der Waals surface area contributed by atoms with Crippen molar-refractivity contribution in [1.82, 2.24) is 24.3 Å². The number of imidazole rings is 1.